The molecule has 0 aliphatic heterocycles. The van der Waals surface area contributed by atoms with Crippen molar-refractivity contribution < 1.29 is 5.11 Å². The fraction of sp³-hybridized carbons (Fsp3) is 0.417. The molecule has 0 aliphatic carbocycles. The zero-order valence-electron chi connectivity index (χ0n) is 10.5. The van der Waals surface area contributed by atoms with Crippen molar-refractivity contribution in [3.63, 3.8) is 0 Å². The number of aliphatic hydroxyl groups is 1. The van der Waals surface area contributed by atoms with Gasteiger partial charge in [0.2, 0.25) is 0 Å². The average Bonchev–Trinajstić information content (AvgIpc) is 2.68. The number of rotatable bonds is 4. The van der Waals surface area contributed by atoms with Crippen LogP contribution in [-0.4, -0.2) is 46.7 Å². The second-order valence-corrected chi connectivity index (χ2v) is 4.60. The summed E-state index contributed by atoms with van der Waals surface area (Å²) in [6.45, 7) is 0.185. The number of H-pyrrole nitrogens is 2. The number of aliphatic hydroxyl groups excluding tert-OH is 1. The van der Waals surface area contributed by atoms with Crippen LogP contribution in [0.1, 0.15) is 11.6 Å². The largest absolute Gasteiger partial charge is 0.390 e. The zero-order valence-corrected chi connectivity index (χ0v) is 10.5. The lowest BCUT2D eigenvalue weighted by atomic mass is 10.00. The molecule has 0 bridgehead atoms. The van der Waals surface area contributed by atoms with Crippen molar-refractivity contribution in [1.29, 1.82) is 0 Å². The molecule has 6 heteroatoms. The Bertz CT molecular complexity index is 587. The third-order valence-electron chi connectivity index (χ3n) is 3.04. The molecule has 1 aromatic carbocycles. The first-order valence-corrected chi connectivity index (χ1v) is 5.79. The number of hydrogen-bond donors (Lipinski definition) is 4. The predicted octanol–water partition coefficient (Wildman–Crippen LogP) is -0.221. The van der Waals surface area contributed by atoms with Crippen LogP contribution < -0.4 is 11.4 Å². The van der Waals surface area contributed by atoms with E-state index in [1.54, 1.807) is 0 Å². The molecule has 98 valence electrons. The standard InChI is InChI=1S/C12H18N4O2/c1-16(2)11(10(17)6-13)7-3-4-8-9(5-7)15-12(18)14-8/h3-5,10-11,17H,6,13H2,1-2H3,(H2,14,15,18). The Labute approximate surface area is 104 Å². The normalized spacial score (nSPS) is 15.2. The van der Waals surface area contributed by atoms with Gasteiger partial charge in [-0.3, -0.25) is 0 Å². The van der Waals surface area contributed by atoms with Gasteiger partial charge in [-0.1, -0.05) is 6.07 Å². The third-order valence-corrected chi connectivity index (χ3v) is 3.04. The molecule has 0 amide bonds. The van der Waals surface area contributed by atoms with Crippen molar-refractivity contribution >= 4 is 11.0 Å². The second kappa shape index (κ2) is 4.93. The molecule has 2 atom stereocenters. The first-order chi connectivity index (χ1) is 8.52. The van der Waals surface area contributed by atoms with Gasteiger partial charge in [-0.05, 0) is 31.8 Å². The van der Waals surface area contributed by atoms with Gasteiger partial charge in [-0.15, -0.1) is 0 Å². The summed E-state index contributed by atoms with van der Waals surface area (Å²) in [5.74, 6) is 0. The van der Waals surface area contributed by atoms with E-state index in [4.69, 9.17) is 5.73 Å². The van der Waals surface area contributed by atoms with E-state index in [0.717, 1.165) is 16.6 Å². The van der Waals surface area contributed by atoms with Crippen LogP contribution in [0.15, 0.2) is 23.0 Å². The van der Waals surface area contributed by atoms with Gasteiger partial charge in [0, 0.05) is 6.54 Å². The Morgan fingerprint density at radius 3 is 2.61 bits per heavy atom. The lowest BCUT2D eigenvalue weighted by Crippen LogP contribution is -2.36. The van der Waals surface area contributed by atoms with Crippen molar-refractivity contribution in [2.24, 2.45) is 5.73 Å². The molecule has 6 nitrogen and oxygen atoms in total. The molecule has 2 unspecified atom stereocenters. The average molecular weight is 250 g/mol. The van der Waals surface area contributed by atoms with Gasteiger partial charge in [0.25, 0.3) is 0 Å². The van der Waals surface area contributed by atoms with Gasteiger partial charge < -0.3 is 25.7 Å². The van der Waals surface area contributed by atoms with E-state index in [9.17, 15) is 9.90 Å². The SMILES string of the molecule is CN(C)C(c1ccc2[nH]c(=O)[nH]c2c1)C(O)CN. The minimum absolute atomic E-state index is 0.185. The molecule has 0 radical (unpaired) electrons. The van der Waals surface area contributed by atoms with Crippen LogP contribution in [0.5, 0.6) is 0 Å². The van der Waals surface area contributed by atoms with Crippen LogP contribution in [0.25, 0.3) is 11.0 Å². The highest BCUT2D eigenvalue weighted by Crippen LogP contribution is 2.24. The highest BCUT2D eigenvalue weighted by atomic mass is 16.3. The van der Waals surface area contributed by atoms with Crippen molar-refractivity contribution in [2.75, 3.05) is 20.6 Å². The molecule has 0 fully saturated rings. The number of imidazole rings is 1. The fourth-order valence-corrected chi connectivity index (χ4v) is 2.23. The lowest BCUT2D eigenvalue weighted by molar-refractivity contribution is 0.0824. The molecule has 18 heavy (non-hydrogen) atoms. The maximum absolute atomic E-state index is 11.2. The van der Waals surface area contributed by atoms with Gasteiger partial charge >= 0.3 is 5.69 Å². The van der Waals surface area contributed by atoms with Gasteiger partial charge in [0.05, 0.1) is 23.2 Å². The second-order valence-electron chi connectivity index (χ2n) is 4.60. The Morgan fingerprint density at radius 2 is 2.00 bits per heavy atom. The molecule has 1 heterocycles. The Morgan fingerprint density at radius 1 is 1.33 bits per heavy atom. The van der Waals surface area contributed by atoms with Crippen molar-refractivity contribution in [2.45, 2.75) is 12.1 Å². The number of nitrogens with one attached hydrogen (secondary N) is 2. The van der Waals surface area contributed by atoms with Gasteiger partial charge in [-0.2, -0.15) is 0 Å². The summed E-state index contributed by atoms with van der Waals surface area (Å²) in [5.41, 5.74) is 7.69. The van der Waals surface area contributed by atoms with Crippen LogP contribution in [-0.2, 0) is 0 Å². The van der Waals surface area contributed by atoms with Gasteiger partial charge in [-0.25, -0.2) is 4.79 Å². The quantitative estimate of drug-likeness (QED) is 0.603. The zero-order chi connectivity index (χ0) is 13.3. The number of nitrogens with zero attached hydrogens (tertiary/aromatic N) is 1. The van der Waals surface area contributed by atoms with E-state index >= 15 is 0 Å². The summed E-state index contributed by atoms with van der Waals surface area (Å²) in [4.78, 5) is 18.5. The number of aromatic amines is 2. The van der Waals surface area contributed by atoms with E-state index in [0.29, 0.717) is 0 Å². The topological polar surface area (TPSA) is 98.1 Å². The van der Waals surface area contributed by atoms with Crippen LogP contribution in [0.4, 0.5) is 0 Å². The number of benzene rings is 1. The van der Waals surface area contributed by atoms with E-state index < -0.39 is 6.10 Å². The predicted molar refractivity (Wildman–Crippen MR) is 70.4 cm³/mol. The number of hydrogen-bond acceptors (Lipinski definition) is 4. The van der Waals surface area contributed by atoms with E-state index in [1.807, 2.05) is 37.2 Å². The van der Waals surface area contributed by atoms with Crippen molar-refractivity contribution in [1.82, 2.24) is 14.9 Å². The molecule has 0 spiro atoms. The van der Waals surface area contributed by atoms with E-state index in [2.05, 4.69) is 9.97 Å². The Kier molecular flexibility index (Phi) is 3.51. The van der Waals surface area contributed by atoms with E-state index in [1.165, 1.54) is 0 Å². The minimum atomic E-state index is -0.650. The monoisotopic (exact) mass is 250 g/mol. The van der Waals surface area contributed by atoms with Crippen LogP contribution in [0, 0.1) is 0 Å². The van der Waals surface area contributed by atoms with Crippen LogP contribution >= 0.6 is 0 Å². The smallest absolute Gasteiger partial charge is 0.323 e. The molecule has 0 saturated carbocycles. The maximum Gasteiger partial charge on any atom is 0.323 e. The molecule has 1 aromatic heterocycles. The summed E-state index contributed by atoms with van der Waals surface area (Å²) in [6.07, 6.45) is -0.650. The van der Waals surface area contributed by atoms with Crippen molar-refractivity contribution in [3.8, 4) is 0 Å². The maximum atomic E-state index is 11.2. The van der Waals surface area contributed by atoms with Crippen LogP contribution in [0.3, 0.4) is 0 Å². The van der Waals surface area contributed by atoms with Crippen LogP contribution in [0.2, 0.25) is 0 Å². The highest BCUT2D eigenvalue weighted by molar-refractivity contribution is 5.75. The first-order valence-electron chi connectivity index (χ1n) is 5.79. The summed E-state index contributed by atoms with van der Waals surface area (Å²) >= 11 is 0. The molecule has 0 saturated heterocycles. The number of fused-ring (bicyclic) bond motifs is 1. The molecular formula is C12H18N4O2. The third kappa shape index (κ3) is 2.31. The molecule has 5 N–H and O–H groups in total. The molecule has 2 aromatic rings. The van der Waals surface area contributed by atoms with Gasteiger partial charge in [0.1, 0.15) is 0 Å². The summed E-state index contributed by atoms with van der Waals surface area (Å²) in [5, 5.41) is 9.97. The van der Waals surface area contributed by atoms with Crippen molar-refractivity contribution in [3.05, 3.63) is 34.2 Å². The number of nitrogens with two attached hydrogens (primary N) is 1. The Balaban J connectivity index is 2.47. The summed E-state index contributed by atoms with van der Waals surface area (Å²) < 4.78 is 0. The Hall–Kier alpha value is -1.63. The first kappa shape index (κ1) is 12.8. The number of aromatic nitrogens is 2. The molecule has 0 aliphatic rings. The van der Waals surface area contributed by atoms with Gasteiger partial charge in [0.15, 0.2) is 0 Å². The molecule has 2 rings (SSSR count). The summed E-state index contributed by atoms with van der Waals surface area (Å²) in [7, 11) is 3.77. The fourth-order valence-electron chi connectivity index (χ4n) is 2.23. The minimum Gasteiger partial charge on any atom is -0.390 e. The highest BCUT2D eigenvalue weighted by Gasteiger charge is 2.22. The number of likely N-dealkylation sites (N-methyl/N-ethyl adjacent to an activating group) is 1. The molecular weight excluding hydrogens is 232 g/mol. The van der Waals surface area contributed by atoms with E-state index in [-0.39, 0.29) is 18.3 Å². The summed E-state index contributed by atoms with van der Waals surface area (Å²) in [6, 6.07) is 5.37. The lowest BCUT2D eigenvalue weighted by Gasteiger charge is -2.28.